The van der Waals surface area contributed by atoms with Gasteiger partial charge in [-0.05, 0) is 44.6 Å². The summed E-state index contributed by atoms with van der Waals surface area (Å²) in [6.45, 7) is 2.90. The van der Waals surface area contributed by atoms with Crippen LogP contribution in [0.4, 0.5) is 0 Å². The molecule has 0 saturated carbocycles. The van der Waals surface area contributed by atoms with E-state index in [4.69, 9.17) is 5.73 Å². The number of likely N-dealkylation sites (tertiary alicyclic amines) is 1. The maximum absolute atomic E-state index is 5.77. The summed E-state index contributed by atoms with van der Waals surface area (Å²) in [5, 5.41) is 0. The van der Waals surface area contributed by atoms with E-state index >= 15 is 0 Å². The lowest BCUT2D eigenvalue weighted by Gasteiger charge is -2.28. The number of hydrogen-bond donors (Lipinski definition) is 1. The minimum absolute atomic E-state index is 0.572. The molecule has 0 atom stereocenters. The Hall–Kier alpha value is -1.39. The number of hydrogen-bond acceptors (Lipinski definition) is 3. The summed E-state index contributed by atoms with van der Waals surface area (Å²) >= 11 is 0. The van der Waals surface area contributed by atoms with Gasteiger partial charge in [0.25, 0.3) is 0 Å². The molecule has 1 fully saturated rings. The second-order valence-electron chi connectivity index (χ2n) is 5.19. The van der Waals surface area contributed by atoms with Gasteiger partial charge >= 0.3 is 0 Å². The van der Waals surface area contributed by atoms with E-state index in [1.165, 1.54) is 24.2 Å². The molecule has 1 aliphatic rings. The van der Waals surface area contributed by atoms with Crippen LogP contribution in [-0.2, 0) is 6.54 Å². The number of piperidine rings is 1. The first kappa shape index (κ1) is 11.7. The fourth-order valence-corrected chi connectivity index (χ4v) is 2.84. The zero-order valence-electron chi connectivity index (χ0n) is 10.8. The lowest BCUT2D eigenvalue weighted by Crippen LogP contribution is -2.29. The predicted molar refractivity (Wildman–Crippen MR) is 72.6 cm³/mol. The molecule has 0 spiro atoms. The molecular formula is C14H20N4. The smallest absolute Gasteiger partial charge is 0.116 e. The molecule has 18 heavy (non-hydrogen) atoms. The van der Waals surface area contributed by atoms with E-state index in [2.05, 4.69) is 39.7 Å². The van der Waals surface area contributed by atoms with Gasteiger partial charge in [-0.1, -0.05) is 6.07 Å². The molecule has 0 aliphatic carbocycles. The van der Waals surface area contributed by atoms with Gasteiger partial charge in [0.2, 0.25) is 0 Å². The van der Waals surface area contributed by atoms with Gasteiger partial charge in [0.05, 0.1) is 11.7 Å². The third kappa shape index (κ3) is 1.91. The van der Waals surface area contributed by atoms with Crippen LogP contribution in [-0.4, -0.2) is 34.4 Å². The first-order valence-corrected chi connectivity index (χ1v) is 6.63. The minimum Gasteiger partial charge on any atom is -0.326 e. The fourth-order valence-electron chi connectivity index (χ4n) is 2.84. The molecule has 4 heteroatoms. The van der Waals surface area contributed by atoms with Crippen LogP contribution in [0.5, 0.6) is 0 Å². The van der Waals surface area contributed by atoms with E-state index in [1.54, 1.807) is 0 Å². The van der Waals surface area contributed by atoms with E-state index in [0.717, 1.165) is 18.6 Å². The summed E-state index contributed by atoms with van der Waals surface area (Å²) in [5.74, 6) is 1.78. The van der Waals surface area contributed by atoms with Crippen molar-refractivity contribution in [1.82, 2.24) is 14.3 Å². The number of rotatable bonds is 2. The zero-order valence-corrected chi connectivity index (χ0v) is 10.8. The molecule has 0 aromatic carbocycles. The van der Waals surface area contributed by atoms with Gasteiger partial charge in [-0.2, -0.15) is 0 Å². The minimum atomic E-state index is 0.572. The molecule has 0 radical (unpaired) electrons. The third-order valence-electron chi connectivity index (χ3n) is 3.99. The number of aromatic nitrogens is 2. The summed E-state index contributed by atoms with van der Waals surface area (Å²) in [7, 11) is 2.19. The summed E-state index contributed by atoms with van der Waals surface area (Å²) in [4.78, 5) is 7.03. The van der Waals surface area contributed by atoms with Crippen LogP contribution in [0.2, 0.25) is 0 Å². The average Bonchev–Trinajstić information content (AvgIpc) is 2.83. The molecule has 3 rings (SSSR count). The molecule has 0 amide bonds. The lowest BCUT2D eigenvalue weighted by atomic mass is 9.96. The van der Waals surface area contributed by atoms with Crippen LogP contribution < -0.4 is 5.73 Å². The Kier molecular flexibility index (Phi) is 3.06. The summed E-state index contributed by atoms with van der Waals surface area (Å²) in [6, 6.07) is 4.14. The Morgan fingerprint density at radius 1 is 1.39 bits per heavy atom. The number of nitrogens with zero attached hydrogens (tertiary/aromatic N) is 3. The highest BCUT2D eigenvalue weighted by Crippen LogP contribution is 2.27. The first-order valence-electron chi connectivity index (χ1n) is 6.63. The van der Waals surface area contributed by atoms with E-state index in [1.807, 2.05) is 6.20 Å². The van der Waals surface area contributed by atoms with Crippen molar-refractivity contribution < 1.29 is 0 Å². The van der Waals surface area contributed by atoms with Crippen LogP contribution >= 0.6 is 0 Å². The quantitative estimate of drug-likeness (QED) is 0.873. The largest absolute Gasteiger partial charge is 0.326 e. The Labute approximate surface area is 107 Å². The van der Waals surface area contributed by atoms with Gasteiger partial charge in [-0.25, -0.2) is 4.98 Å². The van der Waals surface area contributed by atoms with Crippen LogP contribution in [0, 0.1) is 0 Å². The Bertz CT molecular complexity index is 538. The first-order chi connectivity index (χ1) is 8.79. The van der Waals surface area contributed by atoms with Crippen LogP contribution in [0.25, 0.3) is 5.52 Å². The zero-order chi connectivity index (χ0) is 12.5. The van der Waals surface area contributed by atoms with Gasteiger partial charge in [-0.3, -0.25) is 0 Å². The highest BCUT2D eigenvalue weighted by Gasteiger charge is 2.22. The highest BCUT2D eigenvalue weighted by atomic mass is 15.1. The van der Waals surface area contributed by atoms with Crippen molar-refractivity contribution in [3.8, 4) is 0 Å². The van der Waals surface area contributed by atoms with Gasteiger partial charge in [0, 0.05) is 18.7 Å². The molecule has 3 heterocycles. The molecule has 0 unspecified atom stereocenters. The van der Waals surface area contributed by atoms with Crippen molar-refractivity contribution in [2.45, 2.75) is 25.3 Å². The maximum Gasteiger partial charge on any atom is 0.116 e. The van der Waals surface area contributed by atoms with Crippen molar-refractivity contribution in [2.75, 3.05) is 20.1 Å². The molecule has 4 nitrogen and oxygen atoms in total. The Morgan fingerprint density at radius 2 is 2.17 bits per heavy atom. The van der Waals surface area contributed by atoms with Crippen molar-refractivity contribution in [1.29, 1.82) is 0 Å². The second-order valence-corrected chi connectivity index (χ2v) is 5.19. The molecule has 1 saturated heterocycles. The third-order valence-corrected chi connectivity index (χ3v) is 3.99. The lowest BCUT2D eigenvalue weighted by molar-refractivity contribution is 0.251. The van der Waals surface area contributed by atoms with Crippen LogP contribution in [0.3, 0.4) is 0 Å². The van der Waals surface area contributed by atoms with Crippen molar-refractivity contribution in [2.24, 2.45) is 5.73 Å². The molecule has 2 aromatic rings. The average molecular weight is 244 g/mol. The standard InChI is InChI=1S/C14H20N4/c1-17-7-4-11(5-8-17)14-16-10-13-12(9-15)3-2-6-18(13)14/h2-3,6,10-11H,4-5,7-9,15H2,1H3. The Morgan fingerprint density at radius 3 is 2.89 bits per heavy atom. The number of pyridine rings is 1. The molecule has 0 bridgehead atoms. The summed E-state index contributed by atoms with van der Waals surface area (Å²) in [5.41, 5.74) is 8.11. The number of nitrogens with two attached hydrogens (primary N) is 1. The fraction of sp³-hybridized carbons (Fsp3) is 0.500. The Balaban J connectivity index is 1.98. The predicted octanol–water partition coefficient (Wildman–Crippen LogP) is 1.60. The van der Waals surface area contributed by atoms with Gasteiger partial charge < -0.3 is 15.0 Å². The van der Waals surface area contributed by atoms with Gasteiger partial charge in [0.1, 0.15) is 5.82 Å². The van der Waals surface area contributed by atoms with E-state index < -0.39 is 0 Å². The van der Waals surface area contributed by atoms with Crippen LogP contribution in [0.1, 0.15) is 30.1 Å². The SMILES string of the molecule is CN1CCC(c2ncc3c(CN)cccn23)CC1. The number of imidazole rings is 1. The summed E-state index contributed by atoms with van der Waals surface area (Å²) < 4.78 is 2.22. The molecule has 96 valence electrons. The topological polar surface area (TPSA) is 46.6 Å². The van der Waals surface area contributed by atoms with Crippen molar-refractivity contribution in [3.63, 3.8) is 0 Å². The second kappa shape index (κ2) is 4.71. The van der Waals surface area contributed by atoms with Gasteiger partial charge in [0.15, 0.2) is 0 Å². The van der Waals surface area contributed by atoms with E-state index in [-0.39, 0.29) is 0 Å². The molecular weight excluding hydrogens is 224 g/mol. The maximum atomic E-state index is 5.77. The molecule has 2 N–H and O–H groups in total. The molecule has 1 aliphatic heterocycles. The summed E-state index contributed by atoms with van der Waals surface area (Å²) in [6.07, 6.45) is 6.47. The molecule has 2 aromatic heterocycles. The van der Waals surface area contributed by atoms with Crippen molar-refractivity contribution in [3.05, 3.63) is 35.9 Å². The monoisotopic (exact) mass is 244 g/mol. The highest BCUT2D eigenvalue weighted by molar-refractivity contribution is 5.54. The van der Waals surface area contributed by atoms with E-state index in [9.17, 15) is 0 Å². The van der Waals surface area contributed by atoms with E-state index in [0.29, 0.717) is 12.5 Å². The normalized spacial score (nSPS) is 18.6. The van der Waals surface area contributed by atoms with Crippen LogP contribution in [0.15, 0.2) is 24.5 Å². The van der Waals surface area contributed by atoms with Crippen molar-refractivity contribution >= 4 is 5.52 Å². The number of fused-ring (bicyclic) bond motifs is 1. The van der Waals surface area contributed by atoms with Gasteiger partial charge in [-0.15, -0.1) is 0 Å².